The van der Waals surface area contributed by atoms with E-state index < -0.39 is 0 Å². The zero-order chi connectivity index (χ0) is 10.1. The molecule has 2 atom stereocenters. The summed E-state index contributed by atoms with van der Waals surface area (Å²) in [5.41, 5.74) is 8.01. The van der Waals surface area contributed by atoms with E-state index in [1.54, 1.807) is 0 Å². The Balaban J connectivity index is 2.39. The van der Waals surface area contributed by atoms with E-state index in [1.165, 1.54) is 7.11 Å². The van der Waals surface area contributed by atoms with Gasteiger partial charge in [0.25, 0.3) is 0 Å². The van der Waals surface area contributed by atoms with Gasteiger partial charge in [0.15, 0.2) is 0 Å². The quantitative estimate of drug-likeness (QED) is 0.681. The molecule has 0 saturated carbocycles. The molecule has 2 N–H and O–H groups in total. The minimum absolute atomic E-state index is 0.0321. The highest BCUT2D eigenvalue weighted by Crippen LogP contribution is 2.39. The van der Waals surface area contributed by atoms with Crippen LogP contribution in [0, 0.1) is 0 Å². The molecule has 0 heterocycles. The van der Waals surface area contributed by atoms with E-state index in [9.17, 15) is 4.79 Å². The molecule has 2 rings (SSSR count). The normalized spacial score (nSPS) is 24.4. The second-order valence-electron chi connectivity index (χ2n) is 3.55. The maximum atomic E-state index is 11.4. The zero-order valence-corrected chi connectivity index (χ0v) is 8.07. The first-order valence-corrected chi connectivity index (χ1v) is 4.66. The van der Waals surface area contributed by atoms with Gasteiger partial charge in [0.1, 0.15) is 0 Å². The Morgan fingerprint density at radius 3 is 2.71 bits per heavy atom. The van der Waals surface area contributed by atoms with Crippen molar-refractivity contribution in [3.8, 4) is 0 Å². The van der Waals surface area contributed by atoms with Gasteiger partial charge in [-0.1, -0.05) is 24.3 Å². The summed E-state index contributed by atoms with van der Waals surface area (Å²) in [5.74, 6) is -0.364. The molecule has 0 radical (unpaired) electrons. The lowest BCUT2D eigenvalue weighted by molar-refractivity contribution is -0.142. The van der Waals surface area contributed by atoms with Crippen molar-refractivity contribution in [2.24, 2.45) is 5.73 Å². The second-order valence-corrected chi connectivity index (χ2v) is 3.55. The Bertz CT molecular complexity index is 362. The SMILES string of the molecule is COC(=O)C1C[C@H](N)c2ccccc21. The first-order chi connectivity index (χ1) is 6.74. The van der Waals surface area contributed by atoms with Crippen molar-refractivity contribution >= 4 is 5.97 Å². The summed E-state index contributed by atoms with van der Waals surface area (Å²) < 4.78 is 4.74. The summed E-state index contributed by atoms with van der Waals surface area (Å²) in [6.45, 7) is 0. The third kappa shape index (κ3) is 1.30. The van der Waals surface area contributed by atoms with Crippen LogP contribution in [0.1, 0.15) is 29.5 Å². The summed E-state index contributed by atoms with van der Waals surface area (Å²) in [6, 6.07) is 7.76. The predicted molar refractivity (Wildman–Crippen MR) is 52.7 cm³/mol. The maximum absolute atomic E-state index is 11.4. The molecular formula is C11H13NO2. The lowest BCUT2D eigenvalue weighted by Crippen LogP contribution is -2.12. The lowest BCUT2D eigenvalue weighted by atomic mass is 10.0. The summed E-state index contributed by atoms with van der Waals surface area (Å²) in [5, 5.41) is 0. The van der Waals surface area contributed by atoms with Crippen LogP contribution in [-0.2, 0) is 9.53 Å². The van der Waals surface area contributed by atoms with E-state index in [4.69, 9.17) is 10.5 Å². The van der Waals surface area contributed by atoms with Gasteiger partial charge >= 0.3 is 5.97 Å². The molecule has 1 aliphatic carbocycles. The molecular weight excluding hydrogens is 178 g/mol. The summed E-state index contributed by atoms with van der Waals surface area (Å²) in [4.78, 5) is 11.4. The van der Waals surface area contributed by atoms with Gasteiger partial charge in [0, 0.05) is 6.04 Å². The molecule has 0 spiro atoms. The third-order valence-corrected chi connectivity index (χ3v) is 2.75. The molecule has 74 valence electrons. The van der Waals surface area contributed by atoms with E-state index >= 15 is 0 Å². The van der Waals surface area contributed by atoms with Crippen LogP contribution >= 0.6 is 0 Å². The Hall–Kier alpha value is -1.35. The fourth-order valence-electron chi connectivity index (χ4n) is 2.04. The summed E-state index contributed by atoms with van der Waals surface area (Å²) in [6.07, 6.45) is 0.659. The lowest BCUT2D eigenvalue weighted by Gasteiger charge is -2.07. The predicted octanol–water partition coefficient (Wildman–Crippen LogP) is 1.35. The Morgan fingerprint density at radius 1 is 1.43 bits per heavy atom. The number of ether oxygens (including phenoxy) is 1. The molecule has 0 bridgehead atoms. The molecule has 1 aromatic carbocycles. The highest BCUT2D eigenvalue weighted by atomic mass is 16.5. The minimum atomic E-state index is -0.189. The van der Waals surface area contributed by atoms with Crippen molar-refractivity contribution in [3.05, 3.63) is 35.4 Å². The van der Waals surface area contributed by atoms with Crippen LogP contribution in [0.15, 0.2) is 24.3 Å². The molecule has 14 heavy (non-hydrogen) atoms. The smallest absolute Gasteiger partial charge is 0.313 e. The highest BCUT2D eigenvalue weighted by Gasteiger charge is 2.33. The van der Waals surface area contributed by atoms with Crippen molar-refractivity contribution in [2.75, 3.05) is 7.11 Å². The number of methoxy groups -OCH3 is 1. The first-order valence-electron chi connectivity index (χ1n) is 4.66. The number of rotatable bonds is 1. The average Bonchev–Trinajstić information content (AvgIpc) is 2.56. The van der Waals surface area contributed by atoms with Crippen LogP contribution in [0.2, 0.25) is 0 Å². The van der Waals surface area contributed by atoms with E-state index in [-0.39, 0.29) is 17.9 Å². The number of benzene rings is 1. The number of carbonyl (C=O) groups excluding carboxylic acids is 1. The second kappa shape index (κ2) is 3.42. The fraction of sp³-hybridized carbons (Fsp3) is 0.364. The fourth-order valence-corrected chi connectivity index (χ4v) is 2.04. The molecule has 0 aromatic heterocycles. The number of hydrogen-bond donors (Lipinski definition) is 1. The van der Waals surface area contributed by atoms with Crippen molar-refractivity contribution in [2.45, 2.75) is 18.4 Å². The first kappa shape index (κ1) is 9.21. The van der Waals surface area contributed by atoms with Gasteiger partial charge < -0.3 is 10.5 Å². The van der Waals surface area contributed by atoms with Gasteiger partial charge in [-0.15, -0.1) is 0 Å². The minimum Gasteiger partial charge on any atom is -0.469 e. The van der Waals surface area contributed by atoms with Crippen molar-refractivity contribution in [1.29, 1.82) is 0 Å². The van der Waals surface area contributed by atoms with Crippen LogP contribution in [-0.4, -0.2) is 13.1 Å². The molecule has 1 aliphatic rings. The number of hydrogen-bond acceptors (Lipinski definition) is 3. The van der Waals surface area contributed by atoms with E-state index in [0.29, 0.717) is 6.42 Å². The van der Waals surface area contributed by atoms with Crippen LogP contribution < -0.4 is 5.73 Å². The van der Waals surface area contributed by atoms with Crippen LogP contribution in [0.5, 0.6) is 0 Å². The largest absolute Gasteiger partial charge is 0.469 e. The van der Waals surface area contributed by atoms with Crippen LogP contribution in [0.3, 0.4) is 0 Å². The van der Waals surface area contributed by atoms with Gasteiger partial charge in [-0.05, 0) is 17.5 Å². The monoisotopic (exact) mass is 191 g/mol. The number of esters is 1. The van der Waals surface area contributed by atoms with Crippen molar-refractivity contribution in [1.82, 2.24) is 0 Å². The van der Waals surface area contributed by atoms with Gasteiger partial charge in [0.2, 0.25) is 0 Å². The molecule has 3 nitrogen and oxygen atoms in total. The zero-order valence-electron chi connectivity index (χ0n) is 8.07. The van der Waals surface area contributed by atoms with Crippen LogP contribution in [0.25, 0.3) is 0 Å². The summed E-state index contributed by atoms with van der Waals surface area (Å²) in [7, 11) is 1.41. The average molecular weight is 191 g/mol. The Labute approximate surface area is 82.9 Å². The summed E-state index contributed by atoms with van der Waals surface area (Å²) >= 11 is 0. The molecule has 0 aliphatic heterocycles. The molecule has 0 saturated heterocycles. The number of nitrogens with two attached hydrogens (primary N) is 1. The van der Waals surface area contributed by atoms with E-state index in [0.717, 1.165) is 11.1 Å². The van der Waals surface area contributed by atoms with Gasteiger partial charge in [-0.2, -0.15) is 0 Å². The van der Waals surface area contributed by atoms with Crippen LogP contribution in [0.4, 0.5) is 0 Å². The Kier molecular flexibility index (Phi) is 2.25. The van der Waals surface area contributed by atoms with Crippen molar-refractivity contribution < 1.29 is 9.53 Å². The van der Waals surface area contributed by atoms with Gasteiger partial charge in [-0.3, -0.25) is 4.79 Å². The van der Waals surface area contributed by atoms with Gasteiger partial charge in [-0.25, -0.2) is 0 Å². The van der Waals surface area contributed by atoms with Crippen molar-refractivity contribution in [3.63, 3.8) is 0 Å². The topological polar surface area (TPSA) is 52.3 Å². The maximum Gasteiger partial charge on any atom is 0.313 e. The molecule has 0 amide bonds. The van der Waals surface area contributed by atoms with E-state index in [1.807, 2.05) is 24.3 Å². The highest BCUT2D eigenvalue weighted by molar-refractivity contribution is 5.80. The van der Waals surface area contributed by atoms with E-state index in [2.05, 4.69) is 0 Å². The number of fused-ring (bicyclic) bond motifs is 1. The standard InChI is InChI=1S/C11H13NO2/c1-14-11(13)9-6-10(12)8-5-3-2-4-7(8)9/h2-5,9-10H,6,12H2,1H3/t9?,10-/m0/s1. The molecule has 1 aromatic rings. The molecule has 3 heteroatoms. The number of carbonyl (C=O) groups is 1. The Morgan fingerprint density at radius 2 is 2.07 bits per heavy atom. The molecule has 0 fully saturated rings. The molecule has 1 unspecified atom stereocenters. The van der Waals surface area contributed by atoms with Gasteiger partial charge in [0.05, 0.1) is 13.0 Å². The third-order valence-electron chi connectivity index (χ3n) is 2.75.